The molecule has 0 N–H and O–H groups in total. The van der Waals surface area contributed by atoms with Gasteiger partial charge in [-0.3, -0.25) is 9.59 Å². The lowest BCUT2D eigenvalue weighted by Crippen LogP contribution is -2.42. The number of nitrogens with zero attached hydrogens (tertiary/aromatic N) is 3. The van der Waals surface area contributed by atoms with Gasteiger partial charge in [0.2, 0.25) is 11.8 Å². The highest BCUT2D eigenvalue weighted by Gasteiger charge is 2.20. The van der Waals surface area contributed by atoms with E-state index < -0.39 is 0 Å². The molecule has 0 fully saturated rings. The van der Waals surface area contributed by atoms with Crippen molar-refractivity contribution in [2.45, 2.75) is 26.4 Å². The van der Waals surface area contributed by atoms with Crippen LogP contribution >= 0.6 is 0 Å². The SMILES string of the molecule is COCCCN(CC(=O)N(Cc1ccccc1)Cc1cccn1C)C(C)=O. The summed E-state index contributed by atoms with van der Waals surface area (Å²) in [4.78, 5) is 28.4. The van der Waals surface area contributed by atoms with Crippen molar-refractivity contribution in [3.05, 3.63) is 59.9 Å². The molecule has 1 aromatic carbocycles. The van der Waals surface area contributed by atoms with E-state index >= 15 is 0 Å². The summed E-state index contributed by atoms with van der Waals surface area (Å²) in [5.74, 6) is -0.161. The predicted octanol–water partition coefficient (Wildman–Crippen LogP) is 2.44. The normalized spacial score (nSPS) is 10.6. The highest BCUT2D eigenvalue weighted by atomic mass is 16.5. The lowest BCUT2D eigenvalue weighted by atomic mass is 10.2. The Labute approximate surface area is 161 Å². The molecule has 6 nitrogen and oxygen atoms in total. The Balaban J connectivity index is 2.11. The Morgan fingerprint density at radius 2 is 1.78 bits per heavy atom. The largest absolute Gasteiger partial charge is 0.385 e. The van der Waals surface area contributed by atoms with Gasteiger partial charge in [-0.15, -0.1) is 0 Å². The van der Waals surface area contributed by atoms with Gasteiger partial charge >= 0.3 is 0 Å². The van der Waals surface area contributed by atoms with Crippen molar-refractivity contribution in [3.8, 4) is 0 Å². The third-order valence-corrected chi connectivity index (χ3v) is 4.52. The minimum absolute atomic E-state index is 0.0623. The predicted molar refractivity (Wildman–Crippen MR) is 105 cm³/mol. The molecule has 0 spiro atoms. The second kappa shape index (κ2) is 10.5. The molecule has 0 saturated heterocycles. The molecule has 0 atom stereocenters. The van der Waals surface area contributed by atoms with Crippen molar-refractivity contribution in [1.29, 1.82) is 0 Å². The fourth-order valence-corrected chi connectivity index (χ4v) is 2.90. The Kier molecular flexibility index (Phi) is 8.07. The highest BCUT2D eigenvalue weighted by molar-refractivity contribution is 5.83. The summed E-state index contributed by atoms with van der Waals surface area (Å²) in [6, 6.07) is 13.9. The molecule has 6 heteroatoms. The van der Waals surface area contributed by atoms with Gasteiger partial charge in [-0.1, -0.05) is 30.3 Å². The van der Waals surface area contributed by atoms with Crippen molar-refractivity contribution >= 4 is 11.8 Å². The van der Waals surface area contributed by atoms with E-state index in [2.05, 4.69) is 0 Å². The number of hydrogen-bond acceptors (Lipinski definition) is 3. The maximum absolute atomic E-state index is 13.0. The third-order valence-electron chi connectivity index (χ3n) is 4.52. The molecular weight excluding hydrogens is 342 g/mol. The van der Waals surface area contributed by atoms with Crippen molar-refractivity contribution < 1.29 is 14.3 Å². The van der Waals surface area contributed by atoms with Crippen LogP contribution in [0.2, 0.25) is 0 Å². The number of aromatic nitrogens is 1. The first-order valence-electron chi connectivity index (χ1n) is 9.17. The molecule has 146 valence electrons. The highest BCUT2D eigenvalue weighted by Crippen LogP contribution is 2.11. The van der Waals surface area contributed by atoms with Crippen LogP contribution in [-0.2, 0) is 34.5 Å². The lowest BCUT2D eigenvalue weighted by molar-refractivity contribution is -0.140. The van der Waals surface area contributed by atoms with Gasteiger partial charge in [0.15, 0.2) is 0 Å². The van der Waals surface area contributed by atoms with Crippen LogP contribution in [-0.4, -0.2) is 53.0 Å². The maximum atomic E-state index is 13.0. The van der Waals surface area contributed by atoms with E-state index in [4.69, 9.17) is 4.74 Å². The first-order valence-corrected chi connectivity index (χ1v) is 9.17. The van der Waals surface area contributed by atoms with E-state index in [9.17, 15) is 9.59 Å². The van der Waals surface area contributed by atoms with Crippen molar-refractivity contribution in [1.82, 2.24) is 14.4 Å². The fourth-order valence-electron chi connectivity index (χ4n) is 2.90. The Hall–Kier alpha value is -2.60. The van der Waals surface area contributed by atoms with Crippen LogP contribution < -0.4 is 0 Å². The van der Waals surface area contributed by atoms with Crippen LogP contribution in [0.15, 0.2) is 48.7 Å². The van der Waals surface area contributed by atoms with Gasteiger partial charge < -0.3 is 19.1 Å². The maximum Gasteiger partial charge on any atom is 0.242 e. The van der Waals surface area contributed by atoms with E-state index in [1.807, 2.05) is 60.3 Å². The zero-order valence-electron chi connectivity index (χ0n) is 16.4. The lowest BCUT2D eigenvalue weighted by Gasteiger charge is -2.27. The zero-order valence-corrected chi connectivity index (χ0v) is 16.4. The first-order chi connectivity index (χ1) is 13.0. The Morgan fingerprint density at radius 1 is 1.04 bits per heavy atom. The van der Waals surface area contributed by atoms with Crippen LogP contribution in [0, 0.1) is 0 Å². The summed E-state index contributed by atoms with van der Waals surface area (Å²) >= 11 is 0. The first kappa shape index (κ1) is 20.7. The summed E-state index contributed by atoms with van der Waals surface area (Å²) in [6.07, 6.45) is 2.67. The van der Waals surface area contributed by atoms with Gasteiger partial charge in [-0.2, -0.15) is 0 Å². The monoisotopic (exact) mass is 371 g/mol. The molecule has 27 heavy (non-hydrogen) atoms. The van der Waals surface area contributed by atoms with Crippen LogP contribution in [0.1, 0.15) is 24.6 Å². The van der Waals surface area contributed by atoms with Crippen LogP contribution in [0.4, 0.5) is 0 Å². The van der Waals surface area contributed by atoms with Gasteiger partial charge in [0, 0.05) is 52.7 Å². The Morgan fingerprint density at radius 3 is 2.37 bits per heavy atom. The smallest absolute Gasteiger partial charge is 0.242 e. The number of carbonyl (C=O) groups excluding carboxylic acids is 2. The van der Waals surface area contributed by atoms with E-state index in [-0.39, 0.29) is 18.4 Å². The molecular formula is C21H29N3O3. The molecule has 0 radical (unpaired) electrons. The van der Waals surface area contributed by atoms with Gasteiger partial charge in [-0.25, -0.2) is 0 Å². The quantitative estimate of drug-likeness (QED) is 0.603. The number of benzene rings is 1. The van der Waals surface area contributed by atoms with E-state index in [1.54, 1.807) is 16.9 Å². The van der Waals surface area contributed by atoms with E-state index in [0.29, 0.717) is 32.7 Å². The van der Waals surface area contributed by atoms with Gasteiger partial charge in [0.25, 0.3) is 0 Å². The third kappa shape index (κ3) is 6.57. The summed E-state index contributed by atoms with van der Waals surface area (Å²) in [5, 5.41) is 0. The van der Waals surface area contributed by atoms with Crippen LogP contribution in [0.5, 0.6) is 0 Å². The number of amides is 2. The topological polar surface area (TPSA) is 54.8 Å². The number of hydrogen-bond donors (Lipinski definition) is 0. The minimum Gasteiger partial charge on any atom is -0.385 e. The number of carbonyl (C=O) groups is 2. The minimum atomic E-state index is -0.0991. The van der Waals surface area contributed by atoms with Crippen LogP contribution in [0.25, 0.3) is 0 Å². The molecule has 1 heterocycles. The van der Waals surface area contributed by atoms with Gasteiger partial charge in [-0.05, 0) is 24.1 Å². The van der Waals surface area contributed by atoms with Crippen molar-refractivity contribution in [3.63, 3.8) is 0 Å². The van der Waals surface area contributed by atoms with E-state index in [1.165, 1.54) is 6.92 Å². The average molecular weight is 371 g/mol. The molecule has 0 aliphatic rings. The van der Waals surface area contributed by atoms with Gasteiger partial charge in [0.05, 0.1) is 13.1 Å². The molecule has 0 saturated carbocycles. The van der Waals surface area contributed by atoms with Crippen molar-refractivity contribution in [2.75, 3.05) is 26.8 Å². The molecule has 0 unspecified atom stereocenters. The van der Waals surface area contributed by atoms with E-state index in [0.717, 1.165) is 11.3 Å². The zero-order chi connectivity index (χ0) is 19.6. The number of aryl methyl sites for hydroxylation is 1. The summed E-state index contributed by atoms with van der Waals surface area (Å²) in [5.41, 5.74) is 2.11. The molecule has 0 bridgehead atoms. The molecule has 0 aliphatic heterocycles. The molecule has 0 aliphatic carbocycles. The van der Waals surface area contributed by atoms with Gasteiger partial charge in [0.1, 0.15) is 0 Å². The number of methoxy groups -OCH3 is 1. The number of rotatable bonds is 10. The van der Waals surface area contributed by atoms with Crippen LogP contribution in [0.3, 0.4) is 0 Å². The molecule has 2 rings (SSSR count). The number of ether oxygens (including phenoxy) is 1. The molecule has 1 aromatic heterocycles. The summed E-state index contributed by atoms with van der Waals surface area (Å²) < 4.78 is 7.06. The second-order valence-electron chi connectivity index (χ2n) is 6.63. The summed E-state index contributed by atoms with van der Waals surface area (Å²) in [6.45, 7) is 3.66. The molecule has 2 aromatic rings. The average Bonchev–Trinajstić information content (AvgIpc) is 3.05. The summed E-state index contributed by atoms with van der Waals surface area (Å²) in [7, 11) is 3.60. The van der Waals surface area contributed by atoms with Crippen molar-refractivity contribution in [2.24, 2.45) is 7.05 Å². The molecule has 2 amide bonds. The Bertz CT molecular complexity index is 727. The fraction of sp³-hybridized carbons (Fsp3) is 0.429. The standard InChI is InChI=1S/C21H29N3O3/c1-18(25)23(13-8-14-27-3)17-21(26)24(15-19-9-5-4-6-10-19)16-20-11-7-12-22(20)2/h4-7,9-12H,8,13-17H2,1-3H3. The second-order valence-corrected chi connectivity index (χ2v) is 6.63.